The molecule has 39 heavy (non-hydrogen) atoms. The predicted octanol–water partition coefficient (Wildman–Crippen LogP) is 6.55. The monoisotopic (exact) mass is 554 g/mol. The summed E-state index contributed by atoms with van der Waals surface area (Å²) >= 11 is 1.57. The summed E-state index contributed by atoms with van der Waals surface area (Å²) in [5.41, 5.74) is 4.59. The van der Waals surface area contributed by atoms with E-state index >= 15 is 0 Å². The van der Waals surface area contributed by atoms with Crippen molar-refractivity contribution >= 4 is 23.6 Å². The zero-order valence-corrected chi connectivity index (χ0v) is 23.6. The highest BCUT2D eigenvalue weighted by Gasteiger charge is 2.27. The number of carbonyl (C=O) groups excluding carboxylic acids is 1. The number of nitrogens with zero attached hydrogens (tertiary/aromatic N) is 1. The molecule has 1 aliphatic heterocycles. The molecule has 0 unspecified atom stereocenters. The fraction of sp³-hybridized carbons (Fsp3) is 0.562. The van der Waals surface area contributed by atoms with Crippen molar-refractivity contribution in [2.75, 3.05) is 25.2 Å². The minimum absolute atomic E-state index is 0. The average Bonchev–Trinajstić information content (AvgIpc) is 3.37. The Kier molecular flexibility index (Phi) is 12.3. The highest BCUT2D eigenvalue weighted by atomic mass is 32.2. The molecule has 1 aliphatic carbocycles. The Morgan fingerprint density at radius 3 is 2.56 bits per heavy atom. The second-order valence-electron chi connectivity index (χ2n) is 10.7. The molecule has 2 aliphatic rings. The molecule has 0 radical (unpaired) electrons. The maximum atomic E-state index is 13.4. The van der Waals surface area contributed by atoms with E-state index in [1.807, 2.05) is 49.6 Å². The third-order valence-electron chi connectivity index (χ3n) is 7.94. The van der Waals surface area contributed by atoms with Crippen LogP contribution in [0.3, 0.4) is 0 Å². The Labute approximate surface area is 238 Å². The molecule has 214 valence electrons. The van der Waals surface area contributed by atoms with Crippen LogP contribution in [-0.4, -0.2) is 65.2 Å². The van der Waals surface area contributed by atoms with E-state index in [2.05, 4.69) is 16.3 Å². The van der Waals surface area contributed by atoms with E-state index in [4.69, 9.17) is 4.74 Å². The first-order valence-electron chi connectivity index (χ1n) is 14.0. The normalized spacial score (nSPS) is 18.9. The molecule has 4 rings (SSSR count). The van der Waals surface area contributed by atoms with Gasteiger partial charge in [-0.2, -0.15) is 11.8 Å². The van der Waals surface area contributed by atoms with Crippen LogP contribution in [0, 0.1) is 6.92 Å². The summed E-state index contributed by atoms with van der Waals surface area (Å²) in [6.07, 6.45) is 11.4. The van der Waals surface area contributed by atoms with Gasteiger partial charge in [0.25, 0.3) is 5.91 Å². The number of ether oxygens (including phenoxy) is 1. The molecule has 0 bridgehead atoms. The van der Waals surface area contributed by atoms with Gasteiger partial charge >= 0.3 is 5.97 Å². The molecule has 2 aromatic carbocycles. The van der Waals surface area contributed by atoms with Gasteiger partial charge in [-0.1, -0.05) is 57.0 Å². The van der Waals surface area contributed by atoms with Gasteiger partial charge in [-0.15, -0.1) is 0 Å². The van der Waals surface area contributed by atoms with Crippen molar-refractivity contribution in [1.82, 2.24) is 10.2 Å². The molecule has 1 heterocycles. The molecule has 1 amide bonds. The summed E-state index contributed by atoms with van der Waals surface area (Å²) in [5, 5.41) is 12.4. The van der Waals surface area contributed by atoms with E-state index in [1.54, 1.807) is 11.8 Å². The first-order valence-corrected chi connectivity index (χ1v) is 15.4. The first kappa shape index (κ1) is 31.2. The van der Waals surface area contributed by atoms with E-state index in [0.717, 1.165) is 48.4 Å². The number of likely N-dealkylation sites (tertiary alicyclic amines) is 1. The number of hydrogen-bond donors (Lipinski definition) is 2. The number of aryl methyl sites for hydroxylation is 1. The second-order valence-corrected chi connectivity index (χ2v) is 11.7. The van der Waals surface area contributed by atoms with Gasteiger partial charge in [0.15, 0.2) is 0 Å². The maximum Gasteiger partial charge on any atom is 0.326 e. The molecule has 2 N–H and O–H groups in total. The SMILES string of the molecule is C.CSCC[C@H](NC(=O)c1ccc(CN2CCC[C@@H]2COC2CCCCC2)cc1-c1ccccc1C)C(=O)O. The fourth-order valence-corrected chi connectivity index (χ4v) is 6.19. The van der Waals surface area contributed by atoms with Crippen LogP contribution < -0.4 is 5.32 Å². The molecule has 1 saturated carbocycles. The summed E-state index contributed by atoms with van der Waals surface area (Å²) in [7, 11) is 0. The minimum Gasteiger partial charge on any atom is -0.480 e. The van der Waals surface area contributed by atoms with E-state index in [-0.39, 0.29) is 13.3 Å². The highest BCUT2D eigenvalue weighted by molar-refractivity contribution is 7.98. The fourth-order valence-electron chi connectivity index (χ4n) is 5.72. The van der Waals surface area contributed by atoms with Crippen LogP contribution in [0.15, 0.2) is 42.5 Å². The molecule has 1 saturated heterocycles. The van der Waals surface area contributed by atoms with Gasteiger partial charge < -0.3 is 15.2 Å². The zero-order valence-electron chi connectivity index (χ0n) is 22.8. The van der Waals surface area contributed by atoms with Crippen molar-refractivity contribution in [3.05, 3.63) is 59.2 Å². The number of carboxylic acids is 1. The number of amides is 1. The van der Waals surface area contributed by atoms with Crippen molar-refractivity contribution in [2.45, 2.75) is 90.4 Å². The van der Waals surface area contributed by atoms with Crippen LogP contribution in [0.25, 0.3) is 11.1 Å². The molecule has 2 fully saturated rings. The summed E-state index contributed by atoms with van der Waals surface area (Å²) in [4.78, 5) is 27.7. The lowest BCUT2D eigenvalue weighted by Gasteiger charge is -2.28. The van der Waals surface area contributed by atoms with E-state index in [9.17, 15) is 14.7 Å². The van der Waals surface area contributed by atoms with Gasteiger partial charge in [0.2, 0.25) is 0 Å². The summed E-state index contributed by atoms with van der Waals surface area (Å²) in [6.45, 7) is 4.70. The van der Waals surface area contributed by atoms with Crippen molar-refractivity contribution in [2.24, 2.45) is 0 Å². The van der Waals surface area contributed by atoms with Crippen molar-refractivity contribution in [3.8, 4) is 11.1 Å². The molecule has 0 aromatic heterocycles. The van der Waals surface area contributed by atoms with Crippen LogP contribution in [0.4, 0.5) is 0 Å². The number of carboxylic acid groups (broad SMARTS) is 1. The standard InChI is InChI=1S/C31H42N2O4S.CH4/c1-22-9-6-7-13-26(22)28-19-23(14-15-27(28)30(34)32-29(31(35)36)16-18-38-2)20-33-17-8-10-24(33)21-37-25-11-4-3-5-12-25;/h6-7,9,13-15,19,24-25,29H,3-5,8,10-12,16-18,20-21H2,1-2H3,(H,32,34)(H,35,36);1H4/t24-,29+;/m1./s1. The third kappa shape index (κ3) is 8.57. The molecule has 2 atom stereocenters. The lowest BCUT2D eigenvalue weighted by atomic mass is 9.93. The lowest BCUT2D eigenvalue weighted by molar-refractivity contribution is -0.139. The highest BCUT2D eigenvalue weighted by Crippen LogP contribution is 2.30. The molecule has 2 aromatic rings. The zero-order chi connectivity index (χ0) is 26.9. The minimum atomic E-state index is -1.00. The number of thioether (sulfide) groups is 1. The van der Waals surface area contributed by atoms with Gasteiger partial charge in [0, 0.05) is 18.2 Å². The smallest absolute Gasteiger partial charge is 0.326 e. The number of benzene rings is 2. The Hall–Kier alpha value is -2.35. The Morgan fingerprint density at radius 2 is 1.85 bits per heavy atom. The van der Waals surface area contributed by atoms with Crippen LogP contribution in [0.5, 0.6) is 0 Å². The van der Waals surface area contributed by atoms with Crippen LogP contribution in [-0.2, 0) is 16.1 Å². The van der Waals surface area contributed by atoms with Gasteiger partial charge in [0.05, 0.1) is 12.7 Å². The predicted molar refractivity (Wildman–Crippen MR) is 161 cm³/mol. The average molecular weight is 555 g/mol. The van der Waals surface area contributed by atoms with Gasteiger partial charge in [0.1, 0.15) is 6.04 Å². The Bertz CT molecular complexity index is 1090. The van der Waals surface area contributed by atoms with E-state index < -0.39 is 12.0 Å². The number of carbonyl (C=O) groups is 2. The van der Waals surface area contributed by atoms with Crippen LogP contribution in [0.1, 0.15) is 80.3 Å². The molecular formula is C32H46N2O4S. The first-order chi connectivity index (χ1) is 18.5. The molecular weight excluding hydrogens is 508 g/mol. The third-order valence-corrected chi connectivity index (χ3v) is 8.58. The van der Waals surface area contributed by atoms with Crippen molar-refractivity contribution < 1.29 is 19.4 Å². The van der Waals surface area contributed by atoms with E-state index in [0.29, 0.717) is 29.9 Å². The van der Waals surface area contributed by atoms with Crippen molar-refractivity contribution in [3.63, 3.8) is 0 Å². The maximum absolute atomic E-state index is 13.4. The molecule has 0 spiro atoms. The van der Waals surface area contributed by atoms with Gasteiger partial charge in [-0.25, -0.2) is 4.79 Å². The quantitative estimate of drug-likeness (QED) is 0.310. The Balaban J connectivity index is 0.00000420. The number of aliphatic carboxylic acids is 1. The van der Waals surface area contributed by atoms with Crippen molar-refractivity contribution in [1.29, 1.82) is 0 Å². The summed E-state index contributed by atoms with van der Waals surface area (Å²) in [5.74, 6) is -0.678. The van der Waals surface area contributed by atoms with Crippen LogP contribution >= 0.6 is 11.8 Å². The molecule has 6 nitrogen and oxygen atoms in total. The lowest BCUT2D eigenvalue weighted by Crippen LogP contribution is -2.41. The van der Waals surface area contributed by atoms with Crippen LogP contribution in [0.2, 0.25) is 0 Å². The molecule has 7 heteroatoms. The number of rotatable bonds is 12. The number of hydrogen-bond acceptors (Lipinski definition) is 5. The summed E-state index contributed by atoms with van der Waals surface area (Å²) < 4.78 is 6.33. The van der Waals surface area contributed by atoms with Gasteiger partial charge in [-0.3, -0.25) is 9.69 Å². The largest absolute Gasteiger partial charge is 0.480 e. The van der Waals surface area contributed by atoms with E-state index in [1.165, 1.54) is 38.5 Å². The topological polar surface area (TPSA) is 78.9 Å². The Morgan fingerprint density at radius 1 is 1.08 bits per heavy atom. The van der Waals surface area contributed by atoms with Gasteiger partial charge in [-0.05, 0) is 92.0 Å². The second kappa shape index (κ2) is 15.4. The summed E-state index contributed by atoms with van der Waals surface area (Å²) in [6, 6.07) is 13.6. The number of nitrogens with one attached hydrogen (secondary N) is 1.